The standard InChI is InChI=1S/C14H21N3O4/c1-4-10(2)16-14(18)7-8-15-11-5-6-12(17(19)20)13(9-11)21-3/h5-6,9-10,15H,4,7-8H2,1-3H3,(H,16,18). The summed E-state index contributed by atoms with van der Waals surface area (Å²) in [5, 5.41) is 16.7. The molecular weight excluding hydrogens is 274 g/mol. The molecule has 0 bridgehead atoms. The van der Waals surface area contributed by atoms with Crippen molar-refractivity contribution in [2.45, 2.75) is 32.7 Å². The zero-order chi connectivity index (χ0) is 15.8. The van der Waals surface area contributed by atoms with Gasteiger partial charge < -0.3 is 15.4 Å². The Morgan fingerprint density at radius 2 is 2.19 bits per heavy atom. The van der Waals surface area contributed by atoms with Gasteiger partial charge in [-0.05, 0) is 19.4 Å². The molecule has 0 saturated heterocycles. The molecule has 0 spiro atoms. The first-order chi connectivity index (χ1) is 9.97. The van der Waals surface area contributed by atoms with Crippen molar-refractivity contribution >= 4 is 17.3 Å². The van der Waals surface area contributed by atoms with Crippen molar-refractivity contribution in [1.29, 1.82) is 0 Å². The molecule has 0 fully saturated rings. The predicted octanol–water partition coefficient (Wildman–Crippen LogP) is 2.32. The summed E-state index contributed by atoms with van der Waals surface area (Å²) in [4.78, 5) is 21.9. The van der Waals surface area contributed by atoms with Crippen molar-refractivity contribution in [2.75, 3.05) is 19.0 Å². The highest BCUT2D eigenvalue weighted by Gasteiger charge is 2.14. The van der Waals surface area contributed by atoms with E-state index in [1.165, 1.54) is 13.2 Å². The molecule has 21 heavy (non-hydrogen) atoms. The number of benzene rings is 1. The Morgan fingerprint density at radius 1 is 1.48 bits per heavy atom. The van der Waals surface area contributed by atoms with Gasteiger partial charge in [-0.3, -0.25) is 14.9 Å². The van der Waals surface area contributed by atoms with Crippen LogP contribution in [0.2, 0.25) is 0 Å². The fraction of sp³-hybridized carbons (Fsp3) is 0.500. The van der Waals surface area contributed by atoms with Crippen molar-refractivity contribution in [2.24, 2.45) is 0 Å². The number of methoxy groups -OCH3 is 1. The van der Waals surface area contributed by atoms with Gasteiger partial charge in [-0.2, -0.15) is 0 Å². The molecule has 1 aromatic carbocycles. The number of hydrogen-bond donors (Lipinski definition) is 2. The van der Waals surface area contributed by atoms with Gasteiger partial charge in [0.15, 0.2) is 5.75 Å². The number of nitro groups is 1. The first-order valence-electron chi connectivity index (χ1n) is 6.83. The van der Waals surface area contributed by atoms with Crippen LogP contribution in [0.25, 0.3) is 0 Å². The Kier molecular flexibility index (Phi) is 6.45. The van der Waals surface area contributed by atoms with Crippen LogP contribution in [-0.2, 0) is 4.79 Å². The lowest BCUT2D eigenvalue weighted by atomic mass is 10.2. The minimum atomic E-state index is -0.498. The summed E-state index contributed by atoms with van der Waals surface area (Å²) in [5.74, 6) is 0.166. The molecule has 0 saturated carbocycles. The lowest BCUT2D eigenvalue weighted by molar-refractivity contribution is -0.385. The average Bonchev–Trinajstić information content (AvgIpc) is 2.46. The van der Waals surface area contributed by atoms with Gasteiger partial charge in [0.25, 0.3) is 0 Å². The molecule has 2 N–H and O–H groups in total. The number of hydrogen-bond acceptors (Lipinski definition) is 5. The summed E-state index contributed by atoms with van der Waals surface area (Å²) in [6, 6.07) is 4.68. The fourth-order valence-corrected chi connectivity index (χ4v) is 1.71. The quantitative estimate of drug-likeness (QED) is 0.567. The predicted molar refractivity (Wildman–Crippen MR) is 80.7 cm³/mol. The highest BCUT2D eigenvalue weighted by molar-refractivity contribution is 5.76. The summed E-state index contributed by atoms with van der Waals surface area (Å²) in [5.41, 5.74) is 0.589. The maximum atomic E-state index is 11.6. The minimum Gasteiger partial charge on any atom is -0.490 e. The Labute approximate surface area is 123 Å². The third-order valence-electron chi connectivity index (χ3n) is 3.08. The van der Waals surface area contributed by atoms with Gasteiger partial charge in [0.1, 0.15) is 0 Å². The van der Waals surface area contributed by atoms with Crippen LogP contribution in [0.3, 0.4) is 0 Å². The van der Waals surface area contributed by atoms with Crippen molar-refractivity contribution in [3.05, 3.63) is 28.3 Å². The van der Waals surface area contributed by atoms with Crippen molar-refractivity contribution in [1.82, 2.24) is 5.32 Å². The third-order valence-corrected chi connectivity index (χ3v) is 3.08. The van der Waals surface area contributed by atoms with Gasteiger partial charge in [-0.25, -0.2) is 0 Å². The molecule has 0 aliphatic rings. The third kappa shape index (κ3) is 5.29. The van der Waals surface area contributed by atoms with Crippen LogP contribution in [0.5, 0.6) is 5.75 Å². The highest BCUT2D eigenvalue weighted by atomic mass is 16.6. The minimum absolute atomic E-state index is 0.0225. The van der Waals surface area contributed by atoms with E-state index in [2.05, 4.69) is 10.6 Å². The molecule has 1 unspecified atom stereocenters. The fourth-order valence-electron chi connectivity index (χ4n) is 1.71. The lowest BCUT2D eigenvalue weighted by Crippen LogP contribution is -2.32. The second-order valence-electron chi connectivity index (χ2n) is 4.70. The van der Waals surface area contributed by atoms with Crippen LogP contribution in [0.1, 0.15) is 26.7 Å². The molecule has 1 rings (SSSR count). The van der Waals surface area contributed by atoms with Gasteiger partial charge in [-0.15, -0.1) is 0 Å². The Balaban J connectivity index is 2.53. The van der Waals surface area contributed by atoms with Gasteiger partial charge in [0.2, 0.25) is 5.91 Å². The molecule has 7 heteroatoms. The number of amides is 1. The number of anilines is 1. The van der Waals surface area contributed by atoms with E-state index in [0.29, 0.717) is 18.7 Å². The molecule has 0 radical (unpaired) electrons. The van der Waals surface area contributed by atoms with E-state index >= 15 is 0 Å². The van der Waals surface area contributed by atoms with Gasteiger partial charge in [0, 0.05) is 36.8 Å². The molecule has 0 aliphatic carbocycles. The van der Waals surface area contributed by atoms with Crippen molar-refractivity contribution < 1.29 is 14.5 Å². The number of rotatable bonds is 8. The first kappa shape index (κ1) is 16.7. The number of ether oxygens (including phenoxy) is 1. The van der Waals surface area contributed by atoms with E-state index in [9.17, 15) is 14.9 Å². The largest absolute Gasteiger partial charge is 0.490 e. The topological polar surface area (TPSA) is 93.5 Å². The number of carbonyl (C=O) groups is 1. The normalized spacial score (nSPS) is 11.6. The Hall–Kier alpha value is -2.31. The highest BCUT2D eigenvalue weighted by Crippen LogP contribution is 2.29. The maximum Gasteiger partial charge on any atom is 0.311 e. The van der Waals surface area contributed by atoms with Crippen LogP contribution < -0.4 is 15.4 Å². The van der Waals surface area contributed by atoms with E-state index < -0.39 is 4.92 Å². The molecule has 116 valence electrons. The summed E-state index contributed by atoms with van der Waals surface area (Å²) < 4.78 is 4.98. The Bertz CT molecular complexity index is 505. The molecule has 7 nitrogen and oxygen atoms in total. The van der Waals surface area contributed by atoms with Crippen LogP contribution in [-0.4, -0.2) is 30.5 Å². The smallest absolute Gasteiger partial charge is 0.311 e. The molecule has 1 amide bonds. The zero-order valence-electron chi connectivity index (χ0n) is 12.5. The Morgan fingerprint density at radius 3 is 2.76 bits per heavy atom. The van der Waals surface area contributed by atoms with Gasteiger partial charge in [0.05, 0.1) is 12.0 Å². The van der Waals surface area contributed by atoms with Crippen molar-refractivity contribution in [3.63, 3.8) is 0 Å². The van der Waals surface area contributed by atoms with E-state index in [1.54, 1.807) is 12.1 Å². The second-order valence-corrected chi connectivity index (χ2v) is 4.70. The first-order valence-corrected chi connectivity index (χ1v) is 6.83. The number of nitrogens with one attached hydrogen (secondary N) is 2. The summed E-state index contributed by atoms with van der Waals surface area (Å²) >= 11 is 0. The summed E-state index contributed by atoms with van der Waals surface area (Å²) in [6.07, 6.45) is 1.22. The monoisotopic (exact) mass is 295 g/mol. The molecule has 0 aliphatic heterocycles. The molecular formula is C14H21N3O4. The van der Waals surface area contributed by atoms with E-state index in [-0.39, 0.29) is 23.4 Å². The van der Waals surface area contributed by atoms with Crippen LogP contribution in [0.15, 0.2) is 18.2 Å². The van der Waals surface area contributed by atoms with Crippen LogP contribution in [0, 0.1) is 10.1 Å². The van der Waals surface area contributed by atoms with Gasteiger partial charge >= 0.3 is 5.69 Å². The van der Waals surface area contributed by atoms with E-state index in [1.807, 2.05) is 13.8 Å². The number of nitro benzene ring substituents is 1. The van der Waals surface area contributed by atoms with E-state index in [0.717, 1.165) is 6.42 Å². The number of carbonyl (C=O) groups excluding carboxylic acids is 1. The summed E-state index contributed by atoms with van der Waals surface area (Å²) in [7, 11) is 1.38. The van der Waals surface area contributed by atoms with Crippen molar-refractivity contribution in [3.8, 4) is 5.75 Å². The lowest BCUT2D eigenvalue weighted by Gasteiger charge is -2.12. The molecule has 1 aromatic rings. The van der Waals surface area contributed by atoms with Crippen LogP contribution >= 0.6 is 0 Å². The average molecular weight is 295 g/mol. The van der Waals surface area contributed by atoms with E-state index in [4.69, 9.17) is 4.74 Å². The van der Waals surface area contributed by atoms with Crippen LogP contribution in [0.4, 0.5) is 11.4 Å². The molecule has 0 aromatic heterocycles. The molecule has 1 atom stereocenters. The maximum absolute atomic E-state index is 11.6. The summed E-state index contributed by atoms with van der Waals surface area (Å²) in [6.45, 7) is 4.40. The molecule has 0 heterocycles. The number of nitrogens with zero attached hydrogens (tertiary/aromatic N) is 1. The van der Waals surface area contributed by atoms with Gasteiger partial charge in [-0.1, -0.05) is 6.92 Å². The zero-order valence-corrected chi connectivity index (χ0v) is 12.5. The second kappa shape index (κ2) is 8.08. The SMILES string of the molecule is CCC(C)NC(=O)CCNc1ccc([N+](=O)[O-])c(OC)c1.